The Morgan fingerprint density at radius 2 is 1.72 bits per heavy atom. The van der Waals surface area contributed by atoms with Crippen LogP contribution in [0.1, 0.15) is 18.1 Å². The van der Waals surface area contributed by atoms with Gasteiger partial charge in [-0.3, -0.25) is 9.59 Å². The molecule has 0 heterocycles. The monoisotopic (exact) mass is 395 g/mol. The number of anilines is 1. The van der Waals surface area contributed by atoms with Gasteiger partial charge < -0.3 is 20.1 Å². The lowest BCUT2D eigenvalue weighted by Gasteiger charge is -2.10. The van der Waals surface area contributed by atoms with Crippen molar-refractivity contribution in [3.63, 3.8) is 0 Å². The summed E-state index contributed by atoms with van der Waals surface area (Å²) in [4.78, 5) is 35.3. The van der Waals surface area contributed by atoms with E-state index in [1.165, 1.54) is 0 Å². The summed E-state index contributed by atoms with van der Waals surface area (Å²) >= 11 is 0. The molecule has 0 unspecified atom stereocenters. The van der Waals surface area contributed by atoms with E-state index in [-0.39, 0.29) is 19.1 Å². The highest BCUT2D eigenvalue weighted by atomic mass is 16.6. The molecule has 2 aromatic rings. The lowest BCUT2D eigenvalue weighted by Crippen LogP contribution is -2.36. The number of carbonyl (C=O) groups is 3. The maximum Gasteiger partial charge on any atom is 0.344 e. The van der Waals surface area contributed by atoms with Crippen LogP contribution in [0.5, 0.6) is 5.75 Å². The molecule has 0 bridgehead atoms. The molecule has 29 heavy (non-hydrogen) atoms. The van der Waals surface area contributed by atoms with Crippen molar-refractivity contribution in [2.24, 2.45) is 0 Å². The maximum absolute atomic E-state index is 12.0. The highest BCUT2D eigenvalue weighted by Crippen LogP contribution is 2.15. The Labute approximate surface area is 168 Å². The zero-order chi connectivity index (χ0) is 21.1. The molecular formula is C21H21N3O5. The van der Waals surface area contributed by atoms with Crippen molar-refractivity contribution < 1.29 is 23.9 Å². The molecule has 0 aliphatic carbocycles. The number of ether oxygens (including phenoxy) is 2. The first kappa shape index (κ1) is 21.4. The zero-order valence-electron chi connectivity index (χ0n) is 15.9. The highest BCUT2D eigenvalue weighted by Gasteiger charge is 2.11. The Hall–Kier alpha value is -3.86. The SMILES string of the molecule is CCc1ccccc1NC(=O)CNC(=O)COC(=O)COc1ccc(C#N)cc1. The Balaban J connectivity index is 1.66. The minimum atomic E-state index is -0.731. The number of nitrogens with zero attached hydrogens (tertiary/aromatic N) is 1. The molecule has 150 valence electrons. The second kappa shape index (κ2) is 11.1. The van der Waals surface area contributed by atoms with Crippen LogP contribution in [0, 0.1) is 11.3 Å². The van der Waals surface area contributed by atoms with Crippen molar-refractivity contribution in [1.29, 1.82) is 5.26 Å². The maximum atomic E-state index is 12.0. The summed E-state index contributed by atoms with van der Waals surface area (Å²) in [5, 5.41) is 13.8. The van der Waals surface area contributed by atoms with Gasteiger partial charge in [-0.2, -0.15) is 5.26 Å². The summed E-state index contributed by atoms with van der Waals surface area (Å²) in [7, 11) is 0. The summed E-state index contributed by atoms with van der Waals surface area (Å²) in [6.45, 7) is 0.838. The molecule has 0 aliphatic heterocycles. The molecule has 0 radical (unpaired) electrons. The zero-order valence-corrected chi connectivity index (χ0v) is 15.9. The lowest BCUT2D eigenvalue weighted by molar-refractivity contribution is -0.150. The van der Waals surface area contributed by atoms with Gasteiger partial charge in [0.05, 0.1) is 18.2 Å². The van der Waals surface area contributed by atoms with E-state index in [4.69, 9.17) is 14.7 Å². The lowest BCUT2D eigenvalue weighted by atomic mass is 10.1. The number of para-hydroxylation sites is 1. The third kappa shape index (κ3) is 7.34. The van der Waals surface area contributed by atoms with Crippen molar-refractivity contribution in [2.45, 2.75) is 13.3 Å². The van der Waals surface area contributed by atoms with E-state index in [1.807, 2.05) is 31.2 Å². The standard InChI is InChI=1S/C21H21N3O5/c1-2-16-5-3-4-6-18(16)24-19(25)12-23-20(26)13-29-21(27)14-28-17-9-7-15(11-22)8-10-17/h3-10H,2,12-14H2,1H3,(H,23,26)(H,24,25). The van der Waals surface area contributed by atoms with Gasteiger partial charge in [0.15, 0.2) is 13.2 Å². The molecule has 0 aromatic heterocycles. The molecule has 8 nitrogen and oxygen atoms in total. The number of nitrogens with one attached hydrogen (secondary N) is 2. The Kier molecular flexibility index (Phi) is 8.20. The van der Waals surface area contributed by atoms with E-state index in [9.17, 15) is 14.4 Å². The number of nitriles is 1. The second-order valence-corrected chi connectivity index (χ2v) is 5.92. The first-order valence-corrected chi connectivity index (χ1v) is 8.95. The van der Waals surface area contributed by atoms with E-state index < -0.39 is 18.5 Å². The molecule has 2 rings (SSSR count). The van der Waals surface area contributed by atoms with E-state index in [0.29, 0.717) is 17.0 Å². The van der Waals surface area contributed by atoms with Crippen LogP contribution in [-0.4, -0.2) is 37.5 Å². The predicted octanol–water partition coefficient (Wildman–Crippen LogP) is 1.80. The highest BCUT2D eigenvalue weighted by molar-refractivity contribution is 5.95. The van der Waals surface area contributed by atoms with E-state index >= 15 is 0 Å². The third-order valence-corrected chi connectivity index (χ3v) is 3.82. The fourth-order valence-corrected chi connectivity index (χ4v) is 2.33. The molecule has 2 N–H and O–H groups in total. The summed E-state index contributed by atoms with van der Waals surface area (Å²) in [5.41, 5.74) is 2.16. The van der Waals surface area contributed by atoms with Crippen LogP contribution in [-0.2, 0) is 25.5 Å². The number of amides is 2. The normalized spacial score (nSPS) is 9.79. The number of hydrogen-bond donors (Lipinski definition) is 2. The van der Waals surface area contributed by atoms with Crippen LogP contribution < -0.4 is 15.4 Å². The average Bonchev–Trinajstić information content (AvgIpc) is 2.75. The molecule has 8 heteroatoms. The number of rotatable bonds is 9. The van der Waals surface area contributed by atoms with Gasteiger partial charge in [0.2, 0.25) is 5.91 Å². The van der Waals surface area contributed by atoms with Crippen molar-refractivity contribution in [3.8, 4) is 11.8 Å². The summed E-state index contributed by atoms with van der Waals surface area (Å²) in [6.07, 6.45) is 0.767. The smallest absolute Gasteiger partial charge is 0.344 e. The number of hydrogen-bond acceptors (Lipinski definition) is 6. The van der Waals surface area contributed by atoms with Crippen molar-refractivity contribution >= 4 is 23.5 Å². The Morgan fingerprint density at radius 1 is 1.00 bits per heavy atom. The van der Waals surface area contributed by atoms with Crippen molar-refractivity contribution in [1.82, 2.24) is 5.32 Å². The molecule has 0 fully saturated rings. The first-order valence-electron chi connectivity index (χ1n) is 8.95. The molecule has 0 aliphatic rings. The summed E-state index contributed by atoms with van der Waals surface area (Å²) in [6, 6.07) is 15.6. The van der Waals surface area contributed by atoms with Gasteiger partial charge in [0.25, 0.3) is 5.91 Å². The van der Waals surface area contributed by atoms with Crippen LogP contribution >= 0.6 is 0 Å². The van der Waals surface area contributed by atoms with Crippen molar-refractivity contribution in [2.75, 3.05) is 25.1 Å². The Bertz CT molecular complexity index is 903. The second-order valence-electron chi connectivity index (χ2n) is 5.92. The molecule has 2 amide bonds. The predicted molar refractivity (Wildman–Crippen MR) is 105 cm³/mol. The fourth-order valence-electron chi connectivity index (χ4n) is 2.33. The van der Waals surface area contributed by atoms with Crippen LogP contribution in [0.15, 0.2) is 48.5 Å². The summed E-state index contributed by atoms with van der Waals surface area (Å²) < 4.78 is 10.0. The topological polar surface area (TPSA) is 118 Å². The number of benzene rings is 2. The minimum absolute atomic E-state index is 0.240. The van der Waals surface area contributed by atoms with E-state index in [2.05, 4.69) is 10.6 Å². The molecule has 0 saturated carbocycles. The summed E-state index contributed by atoms with van der Waals surface area (Å²) in [5.74, 6) is -1.31. The molecule has 0 saturated heterocycles. The fraction of sp³-hybridized carbons (Fsp3) is 0.238. The quantitative estimate of drug-likeness (QED) is 0.625. The van der Waals surface area contributed by atoms with Gasteiger partial charge in [-0.25, -0.2) is 4.79 Å². The number of aryl methyl sites for hydroxylation is 1. The largest absolute Gasteiger partial charge is 0.482 e. The van der Waals surface area contributed by atoms with Crippen LogP contribution in [0.25, 0.3) is 0 Å². The van der Waals surface area contributed by atoms with Gasteiger partial charge in [-0.05, 0) is 42.3 Å². The third-order valence-electron chi connectivity index (χ3n) is 3.82. The van der Waals surface area contributed by atoms with Gasteiger partial charge >= 0.3 is 5.97 Å². The molecule has 0 atom stereocenters. The minimum Gasteiger partial charge on any atom is -0.482 e. The van der Waals surface area contributed by atoms with Gasteiger partial charge in [0.1, 0.15) is 5.75 Å². The first-order chi connectivity index (χ1) is 14.0. The van der Waals surface area contributed by atoms with Crippen LogP contribution in [0.4, 0.5) is 5.69 Å². The molecule has 0 spiro atoms. The van der Waals surface area contributed by atoms with E-state index in [0.717, 1.165) is 12.0 Å². The van der Waals surface area contributed by atoms with Gasteiger partial charge in [-0.1, -0.05) is 25.1 Å². The van der Waals surface area contributed by atoms with E-state index in [1.54, 1.807) is 30.3 Å². The number of esters is 1. The Morgan fingerprint density at radius 3 is 2.41 bits per heavy atom. The van der Waals surface area contributed by atoms with Gasteiger partial charge in [-0.15, -0.1) is 0 Å². The molecular weight excluding hydrogens is 374 g/mol. The average molecular weight is 395 g/mol. The number of carbonyl (C=O) groups excluding carboxylic acids is 3. The van der Waals surface area contributed by atoms with Crippen LogP contribution in [0.2, 0.25) is 0 Å². The van der Waals surface area contributed by atoms with Gasteiger partial charge in [0, 0.05) is 5.69 Å². The van der Waals surface area contributed by atoms with Crippen LogP contribution in [0.3, 0.4) is 0 Å². The van der Waals surface area contributed by atoms with Crippen molar-refractivity contribution in [3.05, 3.63) is 59.7 Å². The molecule has 2 aromatic carbocycles.